The monoisotopic (exact) mass is 573 g/mol. The minimum atomic E-state index is -0.918. The molecule has 0 radical (unpaired) electrons. The lowest BCUT2D eigenvalue weighted by molar-refractivity contribution is -0.132. The zero-order valence-corrected chi connectivity index (χ0v) is 24.8. The molecule has 3 unspecified atom stereocenters. The maximum absolute atomic E-state index is 13.2. The van der Waals surface area contributed by atoms with Crippen LogP contribution in [0.15, 0.2) is 36.5 Å². The molecule has 4 N–H and O–H groups in total. The Labute approximate surface area is 242 Å². The van der Waals surface area contributed by atoms with Gasteiger partial charge in [-0.05, 0) is 44.2 Å². The third kappa shape index (κ3) is 10.7. The van der Waals surface area contributed by atoms with E-state index in [1.807, 2.05) is 32.9 Å². The van der Waals surface area contributed by atoms with E-state index < -0.39 is 23.9 Å². The molecule has 0 bridgehead atoms. The molecular formula is C29H43N5O5S. The van der Waals surface area contributed by atoms with Crippen LogP contribution >= 0.6 is 12.6 Å². The van der Waals surface area contributed by atoms with Gasteiger partial charge in [0.1, 0.15) is 12.1 Å². The molecule has 0 spiro atoms. The molecular weight excluding hydrogens is 530 g/mol. The third-order valence-corrected chi connectivity index (χ3v) is 7.08. The first kappa shape index (κ1) is 32.9. The first-order chi connectivity index (χ1) is 18.9. The fourth-order valence-corrected chi connectivity index (χ4v) is 4.68. The normalized spacial score (nSPS) is 16.4. The maximum Gasteiger partial charge on any atom is 0.247 e. The lowest BCUT2D eigenvalue weighted by Gasteiger charge is -2.25. The summed E-state index contributed by atoms with van der Waals surface area (Å²) in [6, 6.07) is 5.52. The number of benzene rings is 1. The Kier molecular flexibility index (Phi) is 13.2. The summed E-state index contributed by atoms with van der Waals surface area (Å²) in [5, 5.41) is 10.7. The van der Waals surface area contributed by atoms with Crippen molar-refractivity contribution in [1.29, 1.82) is 0 Å². The van der Waals surface area contributed by atoms with E-state index >= 15 is 0 Å². The van der Waals surface area contributed by atoms with Crippen LogP contribution in [0.1, 0.15) is 64.9 Å². The van der Waals surface area contributed by atoms with Crippen LogP contribution in [-0.4, -0.2) is 64.9 Å². The molecule has 0 aliphatic carbocycles. The Morgan fingerprint density at radius 1 is 1.05 bits per heavy atom. The van der Waals surface area contributed by atoms with E-state index in [1.54, 1.807) is 17.0 Å². The number of likely N-dealkylation sites (tertiary alicyclic amines) is 1. The average Bonchev–Trinajstić information content (AvgIpc) is 3.12. The first-order valence-electron chi connectivity index (χ1n) is 13.8. The van der Waals surface area contributed by atoms with Crippen molar-refractivity contribution in [3.8, 4) is 0 Å². The van der Waals surface area contributed by atoms with Gasteiger partial charge in [-0.25, -0.2) is 0 Å². The van der Waals surface area contributed by atoms with Crippen molar-refractivity contribution in [3.63, 3.8) is 0 Å². The van der Waals surface area contributed by atoms with E-state index in [0.717, 1.165) is 24.1 Å². The lowest BCUT2D eigenvalue weighted by atomic mass is 10.0. The molecule has 3 atom stereocenters. The minimum Gasteiger partial charge on any atom is -0.356 e. The molecule has 1 saturated heterocycles. The number of carbonyl (C=O) groups is 5. The summed E-state index contributed by atoms with van der Waals surface area (Å²) in [5.41, 5.74) is 2.41. The van der Waals surface area contributed by atoms with Crippen LogP contribution in [0, 0.1) is 12.8 Å². The van der Waals surface area contributed by atoms with Gasteiger partial charge < -0.3 is 26.2 Å². The lowest BCUT2D eigenvalue weighted by Crippen LogP contribution is -2.55. The van der Waals surface area contributed by atoms with Gasteiger partial charge in [-0.2, -0.15) is 12.6 Å². The topological polar surface area (TPSA) is 137 Å². The molecule has 1 fully saturated rings. The summed E-state index contributed by atoms with van der Waals surface area (Å²) in [5.74, 6) is -1.63. The molecule has 11 heteroatoms. The van der Waals surface area contributed by atoms with E-state index in [-0.39, 0.29) is 48.3 Å². The Bertz CT molecular complexity index is 1080. The van der Waals surface area contributed by atoms with Crippen LogP contribution in [0.5, 0.6) is 0 Å². The zero-order chi connectivity index (χ0) is 29.8. The molecule has 220 valence electrons. The van der Waals surface area contributed by atoms with Crippen LogP contribution in [0.3, 0.4) is 0 Å². The number of hydrogen-bond acceptors (Lipinski definition) is 6. The molecule has 2 rings (SSSR count). The van der Waals surface area contributed by atoms with Crippen molar-refractivity contribution in [1.82, 2.24) is 20.9 Å². The highest BCUT2D eigenvalue weighted by Crippen LogP contribution is 2.25. The van der Waals surface area contributed by atoms with E-state index in [2.05, 4.69) is 40.5 Å². The average molecular weight is 574 g/mol. The predicted octanol–water partition coefficient (Wildman–Crippen LogP) is 2.69. The molecule has 0 aromatic heterocycles. The van der Waals surface area contributed by atoms with Gasteiger partial charge in [0.2, 0.25) is 29.5 Å². The molecule has 40 heavy (non-hydrogen) atoms. The van der Waals surface area contributed by atoms with Crippen LogP contribution < -0.4 is 21.3 Å². The van der Waals surface area contributed by atoms with E-state index in [0.29, 0.717) is 25.1 Å². The van der Waals surface area contributed by atoms with Gasteiger partial charge in [0.25, 0.3) is 0 Å². The summed E-state index contributed by atoms with van der Waals surface area (Å²) < 4.78 is 0. The SMILES string of the molecule is C=C1CC(S)C(=O)N1CCCCCC(=O)NC(C(=O)NC(CCNC(C)=O)C(=O)Nc1ccc(C)cc1)C(C)C. The van der Waals surface area contributed by atoms with Crippen molar-refractivity contribution >= 4 is 47.9 Å². The largest absolute Gasteiger partial charge is 0.356 e. The fraction of sp³-hybridized carbons (Fsp3) is 0.552. The number of rotatable bonds is 15. The first-order valence-corrected chi connectivity index (χ1v) is 14.3. The van der Waals surface area contributed by atoms with Crippen LogP contribution in [0.25, 0.3) is 0 Å². The highest BCUT2D eigenvalue weighted by Gasteiger charge is 2.31. The molecule has 0 saturated carbocycles. The number of allylic oxidation sites excluding steroid dienone is 1. The molecule has 1 aromatic rings. The van der Waals surface area contributed by atoms with Gasteiger partial charge in [0.05, 0.1) is 5.25 Å². The molecule has 1 heterocycles. The summed E-state index contributed by atoms with van der Waals surface area (Å²) in [6.45, 7) is 11.6. The van der Waals surface area contributed by atoms with Crippen molar-refractivity contribution in [2.24, 2.45) is 5.92 Å². The van der Waals surface area contributed by atoms with Crippen molar-refractivity contribution in [2.45, 2.75) is 83.6 Å². The maximum atomic E-state index is 13.2. The predicted molar refractivity (Wildman–Crippen MR) is 159 cm³/mol. The van der Waals surface area contributed by atoms with Crippen LogP contribution in [0.2, 0.25) is 0 Å². The molecule has 1 aliphatic heterocycles. The second kappa shape index (κ2) is 16.1. The number of nitrogens with zero attached hydrogens (tertiary/aromatic N) is 1. The third-order valence-electron chi connectivity index (χ3n) is 6.67. The highest BCUT2D eigenvalue weighted by molar-refractivity contribution is 7.81. The number of thiol groups is 1. The smallest absolute Gasteiger partial charge is 0.247 e. The molecule has 1 aliphatic rings. The zero-order valence-electron chi connectivity index (χ0n) is 23.9. The second-order valence-electron chi connectivity index (χ2n) is 10.6. The summed E-state index contributed by atoms with van der Waals surface area (Å²) in [7, 11) is 0. The molecule has 10 nitrogen and oxygen atoms in total. The van der Waals surface area contributed by atoms with Crippen molar-refractivity contribution < 1.29 is 24.0 Å². The molecule has 5 amide bonds. The summed E-state index contributed by atoms with van der Waals surface area (Å²) in [6.07, 6.45) is 3.06. The fourth-order valence-electron chi connectivity index (χ4n) is 4.33. The Balaban J connectivity index is 1.89. The van der Waals surface area contributed by atoms with E-state index in [4.69, 9.17) is 0 Å². The van der Waals surface area contributed by atoms with Gasteiger partial charge in [0.15, 0.2) is 0 Å². The Hall–Kier alpha value is -3.34. The van der Waals surface area contributed by atoms with Gasteiger partial charge in [-0.1, -0.05) is 44.5 Å². The molecule has 1 aromatic carbocycles. The second-order valence-corrected chi connectivity index (χ2v) is 11.2. The van der Waals surface area contributed by atoms with Gasteiger partial charge in [-0.15, -0.1) is 0 Å². The Morgan fingerprint density at radius 3 is 2.30 bits per heavy atom. The summed E-state index contributed by atoms with van der Waals surface area (Å²) in [4.78, 5) is 63.9. The van der Waals surface area contributed by atoms with Gasteiger partial charge in [0, 0.05) is 44.2 Å². The number of anilines is 1. The highest BCUT2D eigenvalue weighted by atomic mass is 32.1. The number of hydrogen-bond donors (Lipinski definition) is 5. The number of unbranched alkanes of at least 4 members (excludes halogenated alkanes) is 2. The van der Waals surface area contributed by atoms with Crippen molar-refractivity contribution in [2.75, 3.05) is 18.4 Å². The number of amides is 5. The standard InChI is InChI=1S/C29H43N5O5S/c1-18(2)26(33-25(36)9-7-6-8-16-34-20(4)17-24(40)29(34)39)28(38)32-23(14-15-30-21(5)35)27(37)31-22-12-10-19(3)11-13-22/h10-13,18,23-24,26,40H,4,6-9,14-17H2,1-3,5H3,(H,30,35)(H,31,37)(H,32,38)(H,33,36). The minimum absolute atomic E-state index is 0.0280. The van der Waals surface area contributed by atoms with Gasteiger partial charge in [-0.3, -0.25) is 24.0 Å². The van der Waals surface area contributed by atoms with Crippen molar-refractivity contribution in [3.05, 3.63) is 42.1 Å². The number of aryl methyl sites for hydroxylation is 1. The Morgan fingerprint density at radius 2 is 1.73 bits per heavy atom. The van der Waals surface area contributed by atoms with E-state index in [1.165, 1.54) is 6.92 Å². The van der Waals surface area contributed by atoms with E-state index in [9.17, 15) is 24.0 Å². The van der Waals surface area contributed by atoms with Crippen LogP contribution in [0.4, 0.5) is 5.69 Å². The number of carbonyl (C=O) groups excluding carboxylic acids is 5. The quantitative estimate of drug-likeness (QED) is 0.162. The van der Waals surface area contributed by atoms with Gasteiger partial charge >= 0.3 is 0 Å². The summed E-state index contributed by atoms with van der Waals surface area (Å²) >= 11 is 4.27. The van der Waals surface area contributed by atoms with Crippen LogP contribution in [-0.2, 0) is 24.0 Å². The number of nitrogens with one attached hydrogen (secondary N) is 4.